The van der Waals surface area contributed by atoms with E-state index in [0.717, 1.165) is 54.0 Å². The number of rotatable bonds is 6. The van der Waals surface area contributed by atoms with E-state index in [-0.39, 0.29) is 18.3 Å². The van der Waals surface area contributed by atoms with Crippen molar-refractivity contribution in [1.29, 1.82) is 0 Å². The molecular weight excluding hydrogens is 478 g/mol. The molecule has 0 unspecified atom stereocenters. The Morgan fingerprint density at radius 3 is 2.86 bits per heavy atom. The standard InChI is InChI=1S/C19H20BrN5O2S.ClH/c20-14-2-3-15-17(12-14)28-19(23-15)25(18(26)16-13-21-4-5-22-16)7-1-6-24-8-10-27-11-9-24;/h2-5,12-13H,1,6-11H2;1H. The number of anilines is 1. The van der Waals surface area contributed by atoms with Crippen molar-refractivity contribution in [2.24, 2.45) is 0 Å². The molecule has 7 nitrogen and oxygen atoms in total. The molecule has 0 radical (unpaired) electrons. The minimum atomic E-state index is -0.173. The van der Waals surface area contributed by atoms with Gasteiger partial charge in [0.05, 0.1) is 29.6 Å². The summed E-state index contributed by atoms with van der Waals surface area (Å²) in [5.74, 6) is -0.173. The lowest BCUT2D eigenvalue weighted by Gasteiger charge is -2.27. The van der Waals surface area contributed by atoms with Gasteiger partial charge in [-0.2, -0.15) is 0 Å². The van der Waals surface area contributed by atoms with E-state index < -0.39 is 0 Å². The second kappa shape index (κ2) is 10.4. The van der Waals surface area contributed by atoms with Crippen LogP contribution in [0.2, 0.25) is 0 Å². The summed E-state index contributed by atoms with van der Waals surface area (Å²) in [5.41, 5.74) is 1.21. The molecule has 1 saturated heterocycles. The molecule has 0 saturated carbocycles. The van der Waals surface area contributed by atoms with Crippen LogP contribution in [0.4, 0.5) is 5.13 Å². The maximum Gasteiger partial charge on any atom is 0.280 e. The van der Waals surface area contributed by atoms with Crippen LogP contribution in [0, 0.1) is 0 Å². The van der Waals surface area contributed by atoms with Crippen molar-refractivity contribution in [2.75, 3.05) is 44.3 Å². The van der Waals surface area contributed by atoms with Crippen LogP contribution in [0.5, 0.6) is 0 Å². The van der Waals surface area contributed by atoms with Crippen molar-refractivity contribution >= 4 is 60.9 Å². The summed E-state index contributed by atoms with van der Waals surface area (Å²) in [7, 11) is 0. The van der Waals surface area contributed by atoms with Crippen LogP contribution in [0.1, 0.15) is 16.9 Å². The highest BCUT2D eigenvalue weighted by Crippen LogP contribution is 2.31. The van der Waals surface area contributed by atoms with Gasteiger partial charge in [0.25, 0.3) is 5.91 Å². The van der Waals surface area contributed by atoms with Crippen molar-refractivity contribution in [3.05, 3.63) is 47.0 Å². The summed E-state index contributed by atoms with van der Waals surface area (Å²) < 4.78 is 7.43. The van der Waals surface area contributed by atoms with Gasteiger partial charge >= 0.3 is 0 Å². The minimum Gasteiger partial charge on any atom is -0.379 e. The Morgan fingerprint density at radius 2 is 2.10 bits per heavy atom. The predicted molar refractivity (Wildman–Crippen MR) is 120 cm³/mol. The Bertz CT molecular complexity index is 952. The highest BCUT2D eigenvalue weighted by Gasteiger charge is 2.23. The number of benzene rings is 1. The first-order chi connectivity index (χ1) is 13.7. The molecule has 10 heteroatoms. The molecule has 3 aromatic rings. The zero-order chi connectivity index (χ0) is 19.3. The molecular formula is C19H21BrClN5O2S. The first-order valence-electron chi connectivity index (χ1n) is 9.15. The Balaban J connectivity index is 0.00000240. The molecule has 29 heavy (non-hydrogen) atoms. The van der Waals surface area contributed by atoms with Crippen LogP contribution in [-0.2, 0) is 4.74 Å². The number of halogens is 2. The highest BCUT2D eigenvalue weighted by molar-refractivity contribution is 9.10. The third-order valence-electron chi connectivity index (χ3n) is 4.56. The van der Waals surface area contributed by atoms with Crippen LogP contribution in [0.15, 0.2) is 41.3 Å². The van der Waals surface area contributed by atoms with Crippen LogP contribution >= 0.6 is 39.7 Å². The van der Waals surface area contributed by atoms with Gasteiger partial charge in [-0.05, 0) is 24.6 Å². The van der Waals surface area contributed by atoms with Crippen LogP contribution in [-0.4, -0.2) is 65.2 Å². The van der Waals surface area contributed by atoms with Gasteiger partial charge < -0.3 is 4.74 Å². The van der Waals surface area contributed by atoms with E-state index in [1.54, 1.807) is 11.1 Å². The lowest BCUT2D eigenvalue weighted by molar-refractivity contribution is 0.0376. The number of amides is 1. The van der Waals surface area contributed by atoms with E-state index in [9.17, 15) is 4.79 Å². The zero-order valence-corrected chi connectivity index (χ0v) is 18.9. The van der Waals surface area contributed by atoms with Gasteiger partial charge in [-0.15, -0.1) is 12.4 Å². The van der Waals surface area contributed by atoms with Crippen molar-refractivity contribution in [2.45, 2.75) is 6.42 Å². The smallest absolute Gasteiger partial charge is 0.280 e. The minimum absolute atomic E-state index is 0. The fourth-order valence-corrected chi connectivity index (χ4v) is 4.65. The largest absolute Gasteiger partial charge is 0.379 e. The van der Waals surface area contributed by atoms with Gasteiger partial charge in [0.2, 0.25) is 0 Å². The van der Waals surface area contributed by atoms with E-state index in [0.29, 0.717) is 17.4 Å². The lowest BCUT2D eigenvalue weighted by atomic mass is 10.3. The number of thiazole rings is 1. The number of carbonyl (C=O) groups excluding carboxylic acids is 1. The number of fused-ring (bicyclic) bond motifs is 1. The van der Waals surface area contributed by atoms with Gasteiger partial charge in [-0.25, -0.2) is 9.97 Å². The van der Waals surface area contributed by atoms with Crippen molar-refractivity contribution in [3.8, 4) is 0 Å². The van der Waals surface area contributed by atoms with Crippen molar-refractivity contribution < 1.29 is 9.53 Å². The molecule has 1 amide bonds. The number of aromatic nitrogens is 3. The summed E-state index contributed by atoms with van der Waals surface area (Å²) in [5, 5.41) is 0.686. The molecule has 154 valence electrons. The van der Waals surface area contributed by atoms with Crippen LogP contribution < -0.4 is 4.90 Å². The molecule has 0 aliphatic carbocycles. The third-order valence-corrected chi connectivity index (χ3v) is 6.09. The molecule has 0 N–H and O–H groups in total. The third kappa shape index (κ3) is 5.49. The van der Waals surface area contributed by atoms with E-state index in [1.165, 1.54) is 23.7 Å². The maximum atomic E-state index is 13.1. The molecule has 2 aromatic heterocycles. The maximum absolute atomic E-state index is 13.1. The Hall–Kier alpha value is -1.65. The van der Waals surface area contributed by atoms with Gasteiger partial charge in [0.1, 0.15) is 5.69 Å². The fraction of sp³-hybridized carbons (Fsp3) is 0.368. The van der Waals surface area contributed by atoms with E-state index >= 15 is 0 Å². The normalized spacial score (nSPS) is 14.5. The average molecular weight is 499 g/mol. The molecule has 4 rings (SSSR count). The SMILES string of the molecule is Cl.O=C(c1cnccn1)N(CCCN1CCOCC1)c1nc2ccc(Br)cc2s1. The summed E-state index contributed by atoms with van der Waals surface area (Å²) in [6, 6.07) is 5.94. The van der Waals surface area contributed by atoms with E-state index in [2.05, 4.69) is 35.8 Å². The number of hydrogen-bond donors (Lipinski definition) is 0. The topological polar surface area (TPSA) is 71.5 Å². The van der Waals surface area contributed by atoms with E-state index in [1.807, 2.05) is 18.2 Å². The summed E-state index contributed by atoms with van der Waals surface area (Å²) >= 11 is 5.01. The van der Waals surface area contributed by atoms with Gasteiger partial charge in [-0.3, -0.25) is 19.6 Å². The average Bonchev–Trinajstić information content (AvgIpc) is 3.15. The van der Waals surface area contributed by atoms with Crippen LogP contribution in [0.25, 0.3) is 10.2 Å². The highest BCUT2D eigenvalue weighted by atomic mass is 79.9. The summed E-state index contributed by atoms with van der Waals surface area (Å²) in [4.78, 5) is 30.1. The summed E-state index contributed by atoms with van der Waals surface area (Å²) in [6.45, 7) is 4.92. The monoisotopic (exact) mass is 497 g/mol. The number of carbonyl (C=O) groups is 1. The van der Waals surface area contributed by atoms with Crippen molar-refractivity contribution in [3.63, 3.8) is 0 Å². The Kier molecular flexibility index (Phi) is 7.91. The molecule has 1 aliphatic heterocycles. The quantitative estimate of drug-likeness (QED) is 0.517. The second-order valence-corrected chi connectivity index (χ2v) is 8.39. The first kappa shape index (κ1) is 22.0. The molecule has 0 spiro atoms. The zero-order valence-electron chi connectivity index (χ0n) is 15.7. The molecule has 1 fully saturated rings. The van der Waals surface area contributed by atoms with Gasteiger partial charge in [-0.1, -0.05) is 27.3 Å². The Labute approximate surface area is 187 Å². The fourth-order valence-electron chi connectivity index (χ4n) is 3.11. The van der Waals surface area contributed by atoms with E-state index in [4.69, 9.17) is 4.74 Å². The predicted octanol–water partition coefficient (Wildman–Crippen LogP) is 3.64. The molecule has 0 atom stereocenters. The number of hydrogen-bond acceptors (Lipinski definition) is 7. The van der Waals surface area contributed by atoms with Gasteiger partial charge in [0.15, 0.2) is 5.13 Å². The first-order valence-corrected chi connectivity index (χ1v) is 10.8. The van der Waals surface area contributed by atoms with Crippen molar-refractivity contribution in [1.82, 2.24) is 19.9 Å². The molecule has 1 aromatic carbocycles. The Morgan fingerprint density at radius 1 is 1.28 bits per heavy atom. The number of morpholine rings is 1. The lowest BCUT2D eigenvalue weighted by Crippen LogP contribution is -2.39. The summed E-state index contributed by atoms with van der Waals surface area (Å²) in [6.07, 6.45) is 5.45. The van der Waals surface area contributed by atoms with Gasteiger partial charge in [0, 0.05) is 43.0 Å². The molecule has 1 aliphatic rings. The van der Waals surface area contributed by atoms with Crippen LogP contribution in [0.3, 0.4) is 0 Å². The second-order valence-electron chi connectivity index (χ2n) is 6.46. The molecule has 3 heterocycles. The number of ether oxygens (including phenoxy) is 1. The number of nitrogens with zero attached hydrogens (tertiary/aromatic N) is 5. The molecule has 0 bridgehead atoms.